The summed E-state index contributed by atoms with van der Waals surface area (Å²) < 4.78 is 6.07. The zero-order valence-corrected chi connectivity index (χ0v) is 15.8. The summed E-state index contributed by atoms with van der Waals surface area (Å²) >= 11 is 24.7. The number of hydrogen-bond donors (Lipinski definition) is 0. The van der Waals surface area contributed by atoms with Gasteiger partial charge in [0, 0.05) is 37.8 Å². The van der Waals surface area contributed by atoms with Gasteiger partial charge in [-0.05, 0) is 38.4 Å². The van der Waals surface area contributed by atoms with Gasteiger partial charge in [-0.25, -0.2) is 0 Å². The first kappa shape index (κ1) is 18.9. The van der Waals surface area contributed by atoms with Crippen molar-refractivity contribution in [2.24, 2.45) is 0 Å². The molecule has 0 spiro atoms. The first-order valence-corrected chi connectivity index (χ1v) is 8.56. The Balaban J connectivity index is 2.38. The SMILES string of the molecule is CN(C)CCOC(c1ccc(Cl)cc1Cl)c1ccc(Cl)cc1Cl. The van der Waals surface area contributed by atoms with Gasteiger partial charge in [0.15, 0.2) is 0 Å². The molecule has 0 saturated heterocycles. The molecule has 0 aliphatic heterocycles. The molecular formula is C17H17Cl4NO. The molecule has 2 rings (SSSR count). The van der Waals surface area contributed by atoms with E-state index in [0.717, 1.165) is 17.7 Å². The summed E-state index contributed by atoms with van der Waals surface area (Å²) in [4.78, 5) is 2.05. The molecule has 0 aliphatic rings. The van der Waals surface area contributed by atoms with E-state index in [9.17, 15) is 0 Å². The van der Waals surface area contributed by atoms with E-state index in [1.807, 2.05) is 31.1 Å². The van der Waals surface area contributed by atoms with Gasteiger partial charge in [0.2, 0.25) is 0 Å². The third-order valence-corrected chi connectivity index (χ3v) is 4.44. The Kier molecular flexibility index (Phi) is 7.02. The number of hydrogen-bond acceptors (Lipinski definition) is 2. The third-order valence-electron chi connectivity index (χ3n) is 3.31. The zero-order chi connectivity index (χ0) is 17.0. The number of likely N-dealkylation sites (N-methyl/N-ethyl adjacent to an activating group) is 1. The molecule has 0 aliphatic carbocycles. The average molecular weight is 393 g/mol. The van der Waals surface area contributed by atoms with Crippen LogP contribution in [-0.4, -0.2) is 32.1 Å². The predicted molar refractivity (Wildman–Crippen MR) is 99.3 cm³/mol. The minimum absolute atomic E-state index is 0.385. The Bertz CT molecular complexity index is 624. The summed E-state index contributed by atoms with van der Waals surface area (Å²) in [7, 11) is 3.98. The molecule has 0 aromatic heterocycles. The molecule has 0 radical (unpaired) electrons. The first-order valence-electron chi connectivity index (χ1n) is 7.04. The van der Waals surface area contributed by atoms with E-state index in [4.69, 9.17) is 51.1 Å². The van der Waals surface area contributed by atoms with Gasteiger partial charge >= 0.3 is 0 Å². The van der Waals surface area contributed by atoms with Crippen LogP contribution >= 0.6 is 46.4 Å². The van der Waals surface area contributed by atoms with Crippen LogP contribution in [0.25, 0.3) is 0 Å². The van der Waals surface area contributed by atoms with Crippen LogP contribution in [0.15, 0.2) is 36.4 Å². The predicted octanol–water partition coefficient (Wildman–Crippen LogP) is 5.97. The van der Waals surface area contributed by atoms with Crippen molar-refractivity contribution >= 4 is 46.4 Å². The van der Waals surface area contributed by atoms with Crippen molar-refractivity contribution < 1.29 is 4.74 Å². The molecule has 0 N–H and O–H groups in total. The van der Waals surface area contributed by atoms with Gasteiger partial charge in [0.05, 0.1) is 6.61 Å². The molecular weight excluding hydrogens is 376 g/mol. The Labute approximate surface area is 156 Å². The fourth-order valence-corrected chi connectivity index (χ4v) is 3.14. The Hall–Kier alpha value is -0.480. The Morgan fingerprint density at radius 2 is 1.35 bits per heavy atom. The smallest absolute Gasteiger partial charge is 0.110 e. The fourth-order valence-electron chi connectivity index (χ4n) is 2.13. The second kappa shape index (κ2) is 8.57. The van der Waals surface area contributed by atoms with E-state index in [0.29, 0.717) is 26.7 Å². The molecule has 2 nitrogen and oxygen atoms in total. The lowest BCUT2D eigenvalue weighted by atomic mass is 10.0. The van der Waals surface area contributed by atoms with Crippen molar-refractivity contribution in [2.75, 3.05) is 27.2 Å². The quantitative estimate of drug-likeness (QED) is 0.600. The number of rotatable bonds is 6. The molecule has 0 amide bonds. The second-order valence-electron chi connectivity index (χ2n) is 5.39. The molecule has 0 bridgehead atoms. The molecule has 0 fully saturated rings. The molecule has 0 heterocycles. The van der Waals surface area contributed by atoms with Crippen LogP contribution < -0.4 is 0 Å². The average Bonchev–Trinajstić information content (AvgIpc) is 2.45. The van der Waals surface area contributed by atoms with Crippen molar-refractivity contribution in [3.63, 3.8) is 0 Å². The number of nitrogens with zero attached hydrogens (tertiary/aromatic N) is 1. The lowest BCUT2D eigenvalue weighted by molar-refractivity contribution is 0.0688. The number of benzene rings is 2. The van der Waals surface area contributed by atoms with Gasteiger partial charge < -0.3 is 9.64 Å². The van der Waals surface area contributed by atoms with Crippen LogP contribution in [0.4, 0.5) is 0 Å². The Morgan fingerprint density at radius 3 is 1.74 bits per heavy atom. The number of ether oxygens (including phenoxy) is 1. The van der Waals surface area contributed by atoms with E-state index in [1.165, 1.54) is 0 Å². The summed E-state index contributed by atoms with van der Waals surface area (Å²) in [5.41, 5.74) is 1.64. The van der Waals surface area contributed by atoms with Gasteiger partial charge in [0.25, 0.3) is 0 Å². The van der Waals surface area contributed by atoms with Gasteiger partial charge in [-0.1, -0.05) is 58.5 Å². The summed E-state index contributed by atoms with van der Waals surface area (Å²) in [6, 6.07) is 10.7. The van der Waals surface area contributed by atoms with Crippen molar-refractivity contribution in [1.29, 1.82) is 0 Å². The van der Waals surface area contributed by atoms with E-state index < -0.39 is 0 Å². The van der Waals surface area contributed by atoms with E-state index >= 15 is 0 Å². The first-order chi connectivity index (χ1) is 10.9. The van der Waals surface area contributed by atoms with Gasteiger partial charge in [0.1, 0.15) is 6.10 Å². The molecule has 124 valence electrons. The van der Waals surface area contributed by atoms with E-state index in [2.05, 4.69) is 0 Å². The normalized spacial score (nSPS) is 11.5. The van der Waals surface area contributed by atoms with Crippen LogP contribution in [0.5, 0.6) is 0 Å². The minimum Gasteiger partial charge on any atom is -0.367 e. The van der Waals surface area contributed by atoms with Gasteiger partial charge in [-0.15, -0.1) is 0 Å². The van der Waals surface area contributed by atoms with Gasteiger partial charge in [-0.3, -0.25) is 0 Å². The standard InChI is InChI=1S/C17H17Cl4NO/c1-22(2)7-8-23-17(13-5-3-11(18)9-15(13)20)14-6-4-12(19)10-16(14)21/h3-6,9-10,17H,7-8H2,1-2H3. The molecule has 2 aromatic rings. The lowest BCUT2D eigenvalue weighted by Gasteiger charge is -2.22. The minimum atomic E-state index is -0.385. The van der Waals surface area contributed by atoms with E-state index in [-0.39, 0.29) is 6.10 Å². The molecule has 23 heavy (non-hydrogen) atoms. The second-order valence-corrected chi connectivity index (χ2v) is 7.07. The maximum atomic E-state index is 6.36. The zero-order valence-electron chi connectivity index (χ0n) is 12.8. The summed E-state index contributed by atoms with van der Waals surface area (Å²) in [6.07, 6.45) is -0.385. The highest BCUT2D eigenvalue weighted by atomic mass is 35.5. The maximum Gasteiger partial charge on any atom is 0.110 e. The highest BCUT2D eigenvalue weighted by molar-refractivity contribution is 6.36. The van der Waals surface area contributed by atoms with Crippen LogP contribution in [0, 0.1) is 0 Å². The van der Waals surface area contributed by atoms with Gasteiger partial charge in [-0.2, -0.15) is 0 Å². The van der Waals surface area contributed by atoms with E-state index in [1.54, 1.807) is 24.3 Å². The Morgan fingerprint density at radius 1 is 0.870 bits per heavy atom. The highest BCUT2D eigenvalue weighted by Crippen LogP contribution is 2.37. The van der Waals surface area contributed by atoms with Crippen molar-refractivity contribution in [1.82, 2.24) is 4.90 Å². The molecule has 0 unspecified atom stereocenters. The fraction of sp³-hybridized carbons (Fsp3) is 0.294. The van der Waals surface area contributed by atoms with Crippen LogP contribution in [0.1, 0.15) is 17.2 Å². The van der Waals surface area contributed by atoms with Crippen molar-refractivity contribution in [3.8, 4) is 0 Å². The van der Waals surface area contributed by atoms with Crippen molar-refractivity contribution in [3.05, 3.63) is 67.6 Å². The van der Waals surface area contributed by atoms with Crippen LogP contribution in [0.3, 0.4) is 0 Å². The molecule has 6 heteroatoms. The number of halogens is 4. The highest BCUT2D eigenvalue weighted by Gasteiger charge is 2.21. The summed E-state index contributed by atoms with van der Waals surface area (Å²) in [6.45, 7) is 1.32. The summed E-state index contributed by atoms with van der Waals surface area (Å²) in [5, 5.41) is 2.23. The monoisotopic (exact) mass is 391 g/mol. The van der Waals surface area contributed by atoms with Crippen LogP contribution in [0.2, 0.25) is 20.1 Å². The summed E-state index contributed by atoms with van der Waals surface area (Å²) in [5.74, 6) is 0. The van der Waals surface area contributed by atoms with Crippen LogP contribution in [-0.2, 0) is 4.74 Å². The largest absolute Gasteiger partial charge is 0.367 e. The molecule has 0 saturated carbocycles. The van der Waals surface area contributed by atoms with Crippen molar-refractivity contribution in [2.45, 2.75) is 6.10 Å². The lowest BCUT2D eigenvalue weighted by Crippen LogP contribution is -2.20. The third kappa shape index (κ3) is 5.25. The maximum absolute atomic E-state index is 6.36. The molecule has 0 atom stereocenters. The molecule has 2 aromatic carbocycles. The topological polar surface area (TPSA) is 12.5 Å².